The first kappa shape index (κ1) is 7.60. The molecule has 2 N–H and O–H groups in total. The van der Waals surface area contributed by atoms with Crippen molar-refractivity contribution in [1.82, 2.24) is 4.41 Å². The molecule has 0 aliphatic heterocycles. The fourth-order valence-corrected chi connectivity index (χ4v) is 0.934. The number of hydrogen-bond donors (Lipinski definition) is 2. The van der Waals surface area contributed by atoms with Gasteiger partial charge in [-0.15, -0.1) is 0 Å². The Kier molecular flexibility index (Phi) is 2.74. The molecule has 0 fully saturated rings. The topological polar surface area (TPSA) is 29.3 Å². The van der Waals surface area contributed by atoms with Gasteiger partial charge in [0.15, 0.2) is 0 Å². The van der Waals surface area contributed by atoms with E-state index in [0.717, 1.165) is 0 Å². The van der Waals surface area contributed by atoms with Crippen LogP contribution >= 0.6 is 12.8 Å². The van der Waals surface area contributed by atoms with Crippen molar-refractivity contribution in [3.63, 3.8) is 0 Å². The molecular weight excluding hydrogens is 144 g/mol. The Morgan fingerprint density at radius 1 is 1.30 bits per heavy atom. The highest BCUT2D eigenvalue weighted by Crippen LogP contribution is 2.01. The Morgan fingerprint density at radius 3 is 2.40 bits per heavy atom. The number of benzene rings is 1. The number of rotatable bonds is 2. The zero-order chi connectivity index (χ0) is 7.40. The molecule has 1 aromatic rings. The lowest BCUT2D eigenvalue weighted by molar-refractivity contribution is 0.501. The van der Waals surface area contributed by atoms with Crippen LogP contribution in [0, 0.1) is 0 Å². The Labute approximate surface area is 66.2 Å². The molecule has 0 radical (unpaired) electrons. The molecule has 10 heavy (non-hydrogen) atoms. The van der Waals surface area contributed by atoms with Crippen molar-refractivity contribution in [1.29, 1.82) is 0 Å². The number of nitrogens with zero attached hydrogens (tertiary/aromatic N) is 1. The monoisotopic (exact) mass is 154 g/mol. The van der Waals surface area contributed by atoms with Crippen LogP contribution < -0.4 is 5.84 Å². The summed E-state index contributed by atoms with van der Waals surface area (Å²) >= 11 is 3.92. The third-order valence-electron chi connectivity index (χ3n) is 1.19. The minimum absolute atomic E-state index is 0.671. The maximum atomic E-state index is 5.32. The summed E-state index contributed by atoms with van der Waals surface area (Å²) in [5.74, 6) is 5.32. The minimum Gasteiger partial charge on any atom is -0.259 e. The average Bonchev–Trinajstić information content (AvgIpc) is 1.88. The van der Waals surface area contributed by atoms with Crippen LogP contribution in [0.3, 0.4) is 0 Å². The molecule has 0 heterocycles. The normalized spacial score (nSPS) is 10.3. The van der Waals surface area contributed by atoms with Crippen molar-refractivity contribution in [3.05, 3.63) is 35.9 Å². The van der Waals surface area contributed by atoms with E-state index in [4.69, 9.17) is 5.84 Å². The predicted octanol–water partition coefficient (Wildman–Crippen LogP) is 1.21. The van der Waals surface area contributed by atoms with Crippen molar-refractivity contribution in [3.8, 4) is 0 Å². The molecule has 0 saturated carbocycles. The van der Waals surface area contributed by atoms with Crippen LogP contribution in [-0.2, 0) is 6.54 Å². The molecule has 0 aromatic heterocycles. The van der Waals surface area contributed by atoms with Gasteiger partial charge in [-0.25, -0.2) is 0 Å². The zero-order valence-corrected chi connectivity index (χ0v) is 6.46. The van der Waals surface area contributed by atoms with Crippen LogP contribution in [0.15, 0.2) is 30.3 Å². The fraction of sp³-hybridized carbons (Fsp3) is 0.143. The molecule has 0 amide bonds. The molecular formula is C7H10N2S. The van der Waals surface area contributed by atoms with Crippen LogP contribution in [0.25, 0.3) is 0 Å². The molecule has 0 bridgehead atoms. The fourth-order valence-electron chi connectivity index (χ4n) is 0.770. The molecule has 0 aliphatic carbocycles. The van der Waals surface area contributed by atoms with Crippen molar-refractivity contribution in [2.75, 3.05) is 0 Å². The summed E-state index contributed by atoms with van der Waals surface area (Å²) in [6, 6.07) is 9.95. The van der Waals surface area contributed by atoms with Gasteiger partial charge in [0.2, 0.25) is 0 Å². The molecule has 54 valence electrons. The first-order valence-electron chi connectivity index (χ1n) is 3.04. The first-order chi connectivity index (χ1) is 4.79. The second kappa shape index (κ2) is 3.61. The maximum Gasteiger partial charge on any atom is 0.0490 e. The van der Waals surface area contributed by atoms with Gasteiger partial charge < -0.3 is 0 Å². The van der Waals surface area contributed by atoms with Gasteiger partial charge in [-0.05, 0) is 5.56 Å². The molecule has 1 rings (SSSR count). The Hall–Kier alpha value is -0.510. The summed E-state index contributed by atoms with van der Waals surface area (Å²) in [4.78, 5) is 0. The van der Waals surface area contributed by atoms with E-state index in [2.05, 4.69) is 12.8 Å². The molecule has 0 atom stereocenters. The summed E-state index contributed by atoms with van der Waals surface area (Å²) in [6.07, 6.45) is 0. The average molecular weight is 154 g/mol. The second-order valence-corrected chi connectivity index (χ2v) is 2.60. The second-order valence-electron chi connectivity index (χ2n) is 2.08. The van der Waals surface area contributed by atoms with Gasteiger partial charge in [0.1, 0.15) is 0 Å². The lowest BCUT2D eigenvalue weighted by Gasteiger charge is -2.06. The van der Waals surface area contributed by atoms with Crippen LogP contribution in [0.4, 0.5) is 0 Å². The minimum atomic E-state index is 0.671. The molecule has 0 aliphatic rings. The van der Waals surface area contributed by atoms with E-state index in [-0.39, 0.29) is 0 Å². The van der Waals surface area contributed by atoms with Crippen LogP contribution in [0.2, 0.25) is 0 Å². The van der Waals surface area contributed by atoms with Crippen LogP contribution in [0.5, 0.6) is 0 Å². The highest BCUT2D eigenvalue weighted by Gasteiger charge is 1.91. The largest absolute Gasteiger partial charge is 0.259 e. The van der Waals surface area contributed by atoms with Gasteiger partial charge in [-0.2, -0.15) is 4.41 Å². The smallest absolute Gasteiger partial charge is 0.0490 e. The number of hydrazine groups is 1. The molecule has 0 unspecified atom stereocenters. The zero-order valence-electron chi connectivity index (χ0n) is 5.57. The van der Waals surface area contributed by atoms with Gasteiger partial charge in [-0.3, -0.25) is 5.84 Å². The van der Waals surface area contributed by atoms with E-state index in [9.17, 15) is 0 Å². The summed E-state index contributed by atoms with van der Waals surface area (Å²) in [5, 5.41) is 0. The molecule has 0 saturated heterocycles. The van der Waals surface area contributed by atoms with E-state index >= 15 is 0 Å². The van der Waals surface area contributed by atoms with E-state index in [1.54, 1.807) is 0 Å². The Balaban J connectivity index is 2.59. The van der Waals surface area contributed by atoms with Gasteiger partial charge >= 0.3 is 0 Å². The third-order valence-corrected chi connectivity index (χ3v) is 1.33. The van der Waals surface area contributed by atoms with Crippen molar-refractivity contribution >= 4 is 12.8 Å². The van der Waals surface area contributed by atoms with Crippen molar-refractivity contribution in [2.24, 2.45) is 5.84 Å². The standard InChI is InChI=1S/C7H10N2S/c8-9(10)6-7-4-2-1-3-5-7/h1-5,10H,6,8H2. The summed E-state index contributed by atoms with van der Waals surface area (Å²) in [5.41, 5.74) is 1.17. The van der Waals surface area contributed by atoms with Gasteiger partial charge in [-0.1, -0.05) is 43.1 Å². The quantitative estimate of drug-likeness (QED) is 0.381. The van der Waals surface area contributed by atoms with E-state index in [0.29, 0.717) is 6.54 Å². The van der Waals surface area contributed by atoms with Crippen molar-refractivity contribution in [2.45, 2.75) is 6.54 Å². The number of nitrogens with two attached hydrogens (primary N) is 1. The summed E-state index contributed by atoms with van der Waals surface area (Å²) < 4.78 is 1.36. The highest BCUT2D eigenvalue weighted by molar-refractivity contribution is 7.77. The van der Waals surface area contributed by atoms with Gasteiger partial charge in [0.05, 0.1) is 0 Å². The Morgan fingerprint density at radius 2 is 1.90 bits per heavy atom. The molecule has 3 heteroatoms. The first-order valence-corrected chi connectivity index (χ1v) is 3.44. The predicted molar refractivity (Wildman–Crippen MR) is 45.2 cm³/mol. The lowest BCUT2D eigenvalue weighted by Crippen LogP contribution is -2.18. The molecule has 1 aromatic carbocycles. The Bertz CT molecular complexity index is 186. The molecule has 2 nitrogen and oxygen atoms in total. The maximum absolute atomic E-state index is 5.32. The summed E-state index contributed by atoms with van der Waals surface area (Å²) in [6.45, 7) is 0.671. The highest BCUT2D eigenvalue weighted by atomic mass is 32.1. The van der Waals surface area contributed by atoms with E-state index in [1.165, 1.54) is 9.98 Å². The number of hydrogen-bond acceptors (Lipinski definition) is 3. The van der Waals surface area contributed by atoms with Gasteiger partial charge in [0.25, 0.3) is 0 Å². The van der Waals surface area contributed by atoms with Gasteiger partial charge in [0, 0.05) is 6.54 Å². The van der Waals surface area contributed by atoms with Crippen molar-refractivity contribution < 1.29 is 0 Å². The number of thiol groups is 1. The van der Waals surface area contributed by atoms with Crippen LogP contribution in [-0.4, -0.2) is 4.41 Å². The summed E-state index contributed by atoms with van der Waals surface area (Å²) in [7, 11) is 0. The third kappa shape index (κ3) is 2.39. The molecule has 0 spiro atoms. The van der Waals surface area contributed by atoms with E-state index in [1.807, 2.05) is 30.3 Å². The van der Waals surface area contributed by atoms with E-state index < -0.39 is 0 Å². The lowest BCUT2D eigenvalue weighted by atomic mass is 10.2. The van der Waals surface area contributed by atoms with Crippen LogP contribution in [0.1, 0.15) is 5.56 Å². The SMILES string of the molecule is NN(S)Cc1ccccc1.